The van der Waals surface area contributed by atoms with Crippen molar-refractivity contribution < 1.29 is 14.2 Å². The minimum absolute atomic E-state index is 0.198. The van der Waals surface area contributed by atoms with Crippen molar-refractivity contribution in [1.82, 2.24) is 0 Å². The van der Waals surface area contributed by atoms with Gasteiger partial charge in [0.1, 0.15) is 0 Å². The molecule has 3 nitrogen and oxygen atoms in total. The van der Waals surface area contributed by atoms with Gasteiger partial charge in [0.25, 0.3) is 0 Å². The summed E-state index contributed by atoms with van der Waals surface area (Å²) in [6.07, 6.45) is 2.24. The molecule has 0 aliphatic carbocycles. The average Bonchev–Trinajstić information content (AvgIpc) is 2.18. The van der Waals surface area contributed by atoms with E-state index in [0.29, 0.717) is 6.61 Å². The van der Waals surface area contributed by atoms with E-state index < -0.39 is 0 Å². The molecule has 0 bridgehead atoms. The Morgan fingerprint density at radius 2 is 1.87 bits per heavy atom. The van der Waals surface area contributed by atoms with Crippen molar-refractivity contribution in [3.63, 3.8) is 0 Å². The monoisotopic (exact) mass is 218 g/mol. The van der Waals surface area contributed by atoms with Crippen LogP contribution in [0.2, 0.25) is 0 Å². The summed E-state index contributed by atoms with van der Waals surface area (Å²) in [6.45, 7) is 8.72. The number of hydrogen-bond acceptors (Lipinski definition) is 3. The molecule has 1 unspecified atom stereocenters. The summed E-state index contributed by atoms with van der Waals surface area (Å²) >= 11 is 0. The summed E-state index contributed by atoms with van der Waals surface area (Å²) in [5.41, 5.74) is 0.198. The van der Waals surface area contributed by atoms with Crippen LogP contribution >= 0.6 is 0 Å². The summed E-state index contributed by atoms with van der Waals surface area (Å²) in [4.78, 5) is 0. The molecular weight excluding hydrogens is 192 g/mol. The van der Waals surface area contributed by atoms with Crippen LogP contribution in [0.15, 0.2) is 0 Å². The lowest BCUT2D eigenvalue weighted by Crippen LogP contribution is -2.23. The minimum atomic E-state index is 0.198. The first-order valence-electron chi connectivity index (χ1n) is 5.65. The Hall–Kier alpha value is -0.120. The molecule has 0 N–H and O–H groups in total. The molecule has 0 heterocycles. The molecule has 0 spiro atoms. The largest absolute Gasteiger partial charge is 0.384 e. The van der Waals surface area contributed by atoms with Crippen LogP contribution in [-0.2, 0) is 14.2 Å². The smallest absolute Gasteiger partial charge is 0.0802 e. The highest BCUT2D eigenvalue weighted by Crippen LogP contribution is 2.20. The lowest BCUT2D eigenvalue weighted by molar-refractivity contribution is -0.00695. The number of methoxy groups -OCH3 is 2. The van der Waals surface area contributed by atoms with Crippen LogP contribution in [0.4, 0.5) is 0 Å². The van der Waals surface area contributed by atoms with Crippen molar-refractivity contribution in [2.45, 2.75) is 39.7 Å². The van der Waals surface area contributed by atoms with E-state index in [1.54, 1.807) is 14.2 Å². The molecule has 0 aromatic carbocycles. The van der Waals surface area contributed by atoms with Crippen LogP contribution < -0.4 is 0 Å². The van der Waals surface area contributed by atoms with Gasteiger partial charge in [-0.05, 0) is 18.3 Å². The van der Waals surface area contributed by atoms with Gasteiger partial charge in [0.05, 0.1) is 19.3 Å². The van der Waals surface area contributed by atoms with E-state index in [4.69, 9.17) is 14.2 Å². The highest BCUT2D eigenvalue weighted by Gasteiger charge is 2.17. The molecule has 3 heteroatoms. The Morgan fingerprint density at radius 3 is 2.33 bits per heavy atom. The Balaban J connectivity index is 3.52. The summed E-state index contributed by atoms with van der Waals surface area (Å²) in [5, 5.41) is 0. The Morgan fingerprint density at radius 1 is 1.20 bits per heavy atom. The van der Waals surface area contributed by atoms with Gasteiger partial charge in [0.2, 0.25) is 0 Å². The van der Waals surface area contributed by atoms with Crippen molar-refractivity contribution in [1.29, 1.82) is 0 Å². The fourth-order valence-corrected chi connectivity index (χ4v) is 1.38. The average molecular weight is 218 g/mol. The second kappa shape index (κ2) is 8.08. The van der Waals surface area contributed by atoms with Crippen LogP contribution in [0.1, 0.15) is 33.6 Å². The standard InChI is InChI=1S/C12H26O3/c1-6-11(14-5)9-15-8-7-12(2,3)10-13-4/h11H,6-10H2,1-5H3. The van der Waals surface area contributed by atoms with Crippen LogP contribution in [0, 0.1) is 5.41 Å². The van der Waals surface area contributed by atoms with E-state index in [-0.39, 0.29) is 11.5 Å². The van der Waals surface area contributed by atoms with Crippen molar-refractivity contribution in [3.8, 4) is 0 Å². The van der Waals surface area contributed by atoms with Crippen molar-refractivity contribution >= 4 is 0 Å². The second-order valence-electron chi connectivity index (χ2n) is 4.69. The van der Waals surface area contributed by atoms with Crippen molar-refractivity contribution in [2.24, 2.45) is 5.41 Å². The number of ether oxygens (including phenoxy) is 3. The maximum atomic E-state index is 5.58. The quantitative estimate of drug-likeness (QED) is 0.556. The molecule has 0 aromatic rings. The Labute approximate surface area is 94.1 Å². The van der Waals surface area contributed by atoms with Gasteiger partial charge < -0.3 is 14.2 Å². The van der Waals surface area contributed by atoms with E-state index in [1.165, 1.54) is 0 Å². The molecule has 0 saturated carbocycles. The van der Waals surface area contributed by atoms with Gasteiger partial charge in [-0.15, -0.1) is 0 Å². The lowest BCUT2D eigenvalue weighted by Gasteiger charge is -2.23. The third kappa shape index (κ3) is 7.77. The normalized spacial score (nSPS) is 14.2. The Bertz CT molecular complexity index is 142. The van der Waals surface area contributed by atoms with Gasteiger partial charge in [-0.3, -0.25) is 0 Å². The van der Waals surface area contributed by atoms with Crippen LogP contribution in [0.3, 0.4) is 0 Å². The van der Waals surface area contributed by atoms with Gasteiger partial charge in [-0.25, -0.2) is 0 Å². The zero-order chi connectivity index (χ0) is 11.7. The van der Waals surface area contributed by atoms with Crippen molar-refractivity contribution in [2.75, 3.05) is 34.0 Å². The summed E-state index contributed by atoms with van der Waals surface area (Å²) < 4.78 is 16.0. The predicted octanol–water partition coefficient (Wildman–Crippen LogP) is 2.49. The van der Waals surface area contributed by atoms with Crippen molar-refractivity contribution in [3.05, 3.63) is 0 Å². The molecule has 0 fully saturated rings. The first-order chi connectivity index (χ1) is 7.05. The van der Waals surface area contributed by atoms with Crippen LogP contribution in [0.5, 0.6) is 0 Å². The van der Waals surface area contributed by atoms with E-state index >= 15 is 0 Å². The molecule has 0 aliphatic rings. The molecule has 0 saturated heterocycles. The molecule has 0 rings (SSSR count). The molecule has 92 valence electrons. The zero-order valence-corrected chi connectivity index (χ0v) is 10.8. The molecule has 15 heavy (non-hydrogen) atoms. The fourth-order valence-electron chi connectivity index (χ4n) is 1.38. The third-order valence-electron chi connectivity index (χ3n) is 2.55. The first-order valence-corrected chi connectivity index (χ1v) is 5.65. The molecule has 0 amide bonds. The van der Waals surface area contributed by atoms with Gasteiger partial charge in [0, 0.05) is 20.8 Å². The minimum Gasteiger partial charge on any atom is -0.384 e. The number of rotatable bonds is 9. The van der Waals surface area contributed by atoms with E-state index in [2.05, 4.69) is 20.8 Å². The molecular formula is C12H26O3. The second-order valence-corrected chi connectivity index (χ2v) is 4.69. The van der Waals surface area contributed by atoms with Gasteiger partial charge in [-0.2, -0.15) is 0 Å². The fraction of sp³-hybridized carbons (Fsp3) is 1.00. The third-order valence-corrected chi connectivity index (χ3v) is 2.55. The predicted molar refractivity (Wildman–Crippen MR) is 62.2 cm³/mol. The SMILES string of the molecule is CCC(COCCC(C)(C)COC)OC. The van der Waals surface area contributed by atoms with E-state index in [1.807, 2.05) is 0 Å². The van der Waals surface area contributed by atoms with Gasteiger partial charge in [-0.1, -0.05) is 20.8 Å². The topological polar surface area (TPSA) is 27.7 Å². The lowest BCUT2D eigenvalue weighted by atomic mass is 9.91. The maximum Gasteiger partial charge on any atom is 0.0802 e. The zero-order valence-electron chi connectivity index (χ0n) is 10.8. The highest BCUT2D eigenvalue weighted by molar-refractivity contribution is 4.67. The van der Waals surface area contributed by atoms with Crippen LogP contribution in [0.25, 0.3) is 0 Å². The van der Waals surface area contributed by atoms with Crippen LogP contribution in [-0.4, -0.2) is 40.1 Å². The van der Waals surface area contributed by atoms with E-state index in [9.17, 15) is 0 Å². The molecule has 0 aliphatic heterocycles. The Kier molecular flexibility index (Phi) is 8.02. The van der Waals surface area contributed by atoms with Gasteiger partial charge in [0.15, 0.2) is 0 Å². The summed E-state index contributed by atoms with van der Waals surface area (Å²) in [5.74, 6) is 0. The first kappa shape index (κ1) is 14.9. The number of hydrogen-bond donors (Lipinski definition) is 0. The molecule has 0 aromatic heterocycles. The van der Waals surface area contributed by atoms with E-state index in [0.717, 1.165) is 26.1 Å². The van der Waals surface area contributed by atoms with Gasteiger partial charge >= 0.3 is 0 Å². The molecule has 1 atom stereocenters. The molecule has 0 radical (unpaired) electrons. The maximum absolute atomic E-state index is 5.58. The summed E-state index contributed by atoms with van der Waals surface area (Å²) in [7, 11) is 3.47. The highest BCUT2D eigenvalue weighted by atomic mass is 16.5. The summed E-state index contributed by atoms with van der Waals surface area (Å²) in [6, 6.07) is 0.